The maximum absolute atomic E-state index is 12.3. The second-order valence-corrected chi connectivity index (χ2v) is 7.22. The lowest BCUT2D eigenvalue weighted by atomic mass is 10.1. The number of nitrogens with one attached hydrogen (secondary N) is 2. The summed E-state index contributed by atoms with van der Waals surface area (Å²) in [6.45, 7) is 0. The molecule has 6 nitrogen and oxygen atoms in total. The number of aromatic amines is 1. The minimum absolute atomic E-state index is 0.0632. The Balaban J connectivity index is 1.42. The monoisotopic (exact) mass is 376 g/mol. The summed E-state index contributed by atoms with van der Waals surface area (Å²) in [6.07, 6.45) is 3.63. The summed E-state index contributed by atoms with van der Waals surface area (Å²) in [7, 11) is 0. The van der Waals surface area contributed by atoms with Crippen LogP contribution in [0.15, 0.2) is 71.0 Å². The molecule has 1 amide bonds. The molecule has 1 atom stereocenters. The molecule has 1 fully saturated rings. The largest absolute Gasteiger partial charge is 0.361 e. The number of amides is 1. The number of Topliss-reactive ketones (excluding diaryl/α,β-unsaturated/α-hetero) is 1. The number of carbonyl (C=O) groups excluding carboxylic acids is 2. The lowest BCUT2D eigenvalue weighted by Crippen LogP contribution is -2.26. The van der Waals surface area contributed by atoms with Gasteiger partial charge in [-0.3, -0.25) is 9.59 Å². The van der Waals surface area contributed by atoms with Gasteiger partial charge >= 0.3 is 0 Å². The number of nitrogens with zero attached hydrogens (tertiary/aromatic N) is 2. The molecule has 0 spiro atoms. The van der Waals surface area contributed by atoms with E-state index in [4.69, 9.17) is 0 Å². The summed E-state index contributed by atoms with van der Waals surface area (Å²) >= 11 is 1.23. The minimum atomic E-state index is -0.486. The molecule has 1 aromatic heterocycles. The molecule has 0 aliphatic carbocycles. The number of benzene rings is 2. The summed E-state index contributed by atoms with van der Waals surface area (Å²) in [5.74, 6) is -0.280. The predicted octanol–water partition coefficient (Wildman–Crippen LogP) is 3.36. The fourth-order valence-electron chi connectivity index (χ4n) is 2.84. The van der Waals surface area contributed by atoms with Crippen molar-refractivity contribution < 1.29 is 9.59 Å². The van der Waals surface area contributed by atoms with Crippen LogP contribution in [0.5, 0.6) is 0 Å². The molecule has 2 N–H and O–H groups in total. The molecule has 0 unspecified atom stereocenters. The molecule has 2 aromatic carbocycles. The zero-order valence-corrected chi connectivity index (χ0v) is 15.1. The number of rotatable bonds is 5. The molecule has 1 saturated heterocycles. The number of amidine groups is 1. The normalized spacial score (nSPS) is 18.4. The number of aromatic nitrogens is 1. The van der Waals surface area contributed by atoms with Crippen molar-refractivity contribution in [2.45, 2.75) is 11.7 Å². The molecule has 0 saturated carbocycles. The number of fused-ring (bicyclic) bond motifs is 1. The van der Waals surface area contributed by atoms with Crippen LogP contribution >= 0.6 is 11.8 Å². The highest BCUT2D eigenvalue weighted by atomic mass is 32.2. The van der Waals surface area contributed by atoms with E-state index < -0.39 is 5.25 Å². The first-order valence-electron chi connectivity index (χ1n) is 8.43. The van der Waals surface area contributed by atoms with Gasteiger partial charge in [-0.05, 0) is 6.07 Å². The van der Waals surface area contributed by atoms with Gasteiger partial charge in [0.15, 0.2) is 11.0 Å². The maximum atomic E-state index is 12.3. The standard InChI is InChI=1S/C20H16N4O2S/c25-17(13-6-2-1-3-7-13)10-18-19(26)23-20(27-18)24-22-12-14-11-21-16-9-5-4-8-15(14)16/h1-9,11-12,18,21H,10H2,(H,23,24,26)/b22-12-/t18-/m1/s1. The van der Waals surface area contributed by atoms with Crippen molar-refractivity contribution in [3.63, 3.8) is 0 Å². The molecular formula is C20H16N4O2S. The number of hydrogen-bond acceptors (Lipinski definition) is 5. The van der Waals surface area contributed by atoms with E-state index in [0.29, 0.717) is 10.7 Å². The SMILES string of the molecule is O=C(C[C@H]1S/C(=N\N=C/c2c[nH]c3ccccc23)NC1=O)c1ccccc1. The van der Waals surface area contributed by atoms with E-state index in [1.807, 2.05) is 36.5 Å². The molecular weight excluding hydrogens is 360 g/mol. The number of ketones is 1. The van der Waals surface area contributed by atoms with Crippen LogP contribution in [0.25, 0.3) is 10.9 Å². The predicted molar refractivity (Wildman–Crippen MR) is 108 cm³/mol. The van der Waals surface area contributed by atoms with Gasteiger partial charge in [0.25, 0.3) is 0 Å². The lowest BCUT2D eigenvalue weighted by molar-refractivity contribution is -0.118. The van der Waals surface area contributed by atoms with Crippen molar-refractivity contribution in [3.8, 4) is 0 Å². The molecule has 134 valence electrons. The van der Waals surface area contributed by atoms with E-state index in [1.165, 1.54) is 11.8 Å². The third-order valence-electron chi connectivity index (χ3n) is 4.21. The zero-order chi connectivity index (χ0) is 18.6. The third-order valence-corrected chi connectivity index (χ3v) is 5.28. The number of H-pyrrole nitrogens is 1. The van der Waals surface area contributed by atoms with Gasteiger partial charge in [-0.25, -0.2) is 0 Å². The Kier molecular flexibility index (Phi) is 4.84. The van der Waals surface area contributed by atoms with Crippen molar-refractivity contribution in [1.82, 2.24) is 10.3 Å². The van der Waals surface area contributed by atoms with E-state index in [9.17, 15) is 9.59 Å². The van der Waals surface area contributed by atoms with Gasteiger partial charge in [0, 0.05) is 34.6 Å². The Hall–Kier alpha value is -3.19. The van der Waals surface area contributed by atoms with Crippen molar-refractivity contribution in [2.75, 3.05) is 0 Å². The topological polar surface area (TPSA) is 86.7 Å². The quantitative estimate of drug-likeness (QED) is 0.407. The fraction of sp³-hybridized carbons (Fsp3) is 0.100. The molecule has 1 aliphatic heterocycles. The van der Waals surface area contributed by atoms with E-state index in [0.717, 1.165) is 16.5 Å². The van der Waals surface area contributed by atoms with Crippen molar-refractivity contribution >= 4 is 45.7 Å². The first kappa shape index (κ1) is 17.2. The number of carbonyl (C=O) groups is 2. The van der Waals surface area contributed by atoms with E-state index in [1.54, 1.807) is 30.5 Å². The number of para-hydroxylation sites is 1. The van der Waals surface area contributed by atoms with Crippen LogP contribution in [0.2, 0.25) is 0 Å². The van der Waals surface area contributed by atoms with Crippen molar-refractivity contribution in [3.05, 3.63) is 71.9 Å². The Morgan fingerprint density at radius 2 is 1.89 bits per heavy atom. The molecule has 1 aliphatic rings. The second kappa shape index (κ2) is 7.59. The molecule has 0 radical (unpaired) electrons. The van der Waals surface area contributed by atoms with Crippen LogP contribution in [-0.2, 0) is 4.79 Å². The molecule has 4 rings (SSSR count). The first-order valence-corrected chi connectivity index (χ1v) is 9.31. The van der Waals surface area contributed by atoms with E-state index >= 15 is 0 Å². The smallest absolute Gasteiger partial charge is 0.240 e. The van der Waals surface area contributed by atoms with Gasteiger partial charge in [-0.1, -0.05) is 60.3 Å². The molecule has 27 heavy (non-hydrogen) atoms. The molecule has 0 bridgehead atoms. The highest BCUT2D eigenvalue weighted by Gasteiger charge is 2.32. The number of hydrogen-bond donors (Lipinski definition) is 2. The molecule has 3 aromatic rings. The first-order chi connectivity index (χ1) is 13.2. The van der Waals surface area contributed by atoms with Gasteiger partial charge < -0.3 is 10.3 Å². The lowest BCUT2D eigenvalue weighted by Gasteiger charge is -2.04. The van der Waals surface area contributed by atoms with Gasteiger partial charge in [-0.15, -0.1) is 5.10 Å². The Bertz CT molecular complexity index is 1060. The summed E-state index contributed by atoms with van der Waals surface area (Å²) < 4.78 is 0. The van der Waals surface area contributed by atoms with Crippen LogP contribution in [0.1, 0.15) is 22.3 Å². The van der Waals surface area contributed by atoms with Gasteiger partial charge in [0.05, 0.1) is 11.5 Å². The maximum Gasteiger partial charge on any atom is 0.240 e. The average Bonchev–Trinajstić information content (AvgIpc) is 3.26. The zero-order valence-electron chi connectivity index (χ0n) is 14.3. The van der Waals surface area contributed by atoms with Crippen LogP contribution in [0.3, 0.4) is 0 Å². The van der Waals surface area contributed by atoms with Crippen molar-refractivity contribution in [2.24, 2.45) is 10.2 Å². The highest BCUT2D eigenvalue weighted by molar-refractivity contribution is 8.15. The van der Waals surface area contributed by atoms with Crippen LogP contribution in [0, 0.1) is 0 Å². The Morgan fingerprint density at radius 3 is 2.74 bits per heavy atom. The fourth-order valence-corrected chi connectivity index (χ4v) is 3.77. The summed E-state index contributed by atoms with van der Waals surface area (Å²) in [5.41, 5.74) is 2.54. The third kappa shape index (κ3) is 3.83. The molecule has 7 heteroatoms. The summed E-state index contributed by atoms with van der Waals surface area (Å²) in [5, 5.41) is 11.8. The number of thioether (sulfide) groups is 1. The van der Waals surface area contributed by atoms with Crippen molar-refractivity contribution in [1.29, 1.82) is 0 Å². The van der Waals surface area contributed by atoms with Gasteiger partial charge in [0.2, 0.25) is 5.91 Å². The summed E-state index contributed by atoms with van der Waals surface area (Å²) in [4.78, 5) is 27.5. The molecule has 2 heterocycles. The second-order valence-electron chi connectivity index (χ2n) is 6.03. The summed E-state index contributed by atoms with van der Waals surface area (Å²) in [6, 6.07) is 16.9. The van der Waals surface area contributed by atoms with Crippen LogP contribution in [0.4, 0.5) is 0 Å². The van der Waals surface area contributed by atoms with Gasteiger partial charge in [0.1, 0.15) is 0 Å². The minimum Gasteiger partial charge on any atom is -0.361 e. The van der Waals surface area contributed by atoms with Crippen LogP contribution < -0.4 is 5.32 Å². The Labute approximate surface area is 159 Å². The van der Waals surface area contributed by atoms with E-state index in [-0.39, 0.29) is 18.1 Å². The van der Waals surface area contributed by atoms with E-state index in [2.05, 4.69) is 20.5 Å². The van der Waals surface area contributed by atoms with Gasteiger partial charge in [-0.2, -0.15) is 5.10 Å². The van der Waals surface area contributed by atoms with Crippen LogP contribution in [-0.4, -0.2) is 33.3 Å². The Morgan fingerprint density at radius 1 is 1.11 bits per heavy atom. The highest BCUT2D eigenvalue weighted by Crippen LogP contribution is 2.24. The average molecular weight is 376 g/mol.